The molecule has 0 saturated carbocycles. The van der Waals surface area contributed by atoms with Crippen molar-refractivity contribution in [3.05, 3.63) is 23.7 Å². The predicted octanol–water partition coefficient (Wildman–Crippen LogP) is 1.76. The van der Waals surface area contributed by atoms with Crippen LogP contribution in [0.1, 0.15) is 41.9 Å². The van der Waals surface area contributed by atoms with E-state index < -0.39 is 0 Å². The first-order valence-electron chi connectivity index (χ1n) is 8.47. The summed E-state index contributed by atoms with van der Waals surface area (Å²) in [6.45, 7) is 2.16. The number of piperidine rings is 1. The maximum Gasteiger partial charge on any atom is 0.276 e. The Bertz CT molecular complexity index is 752. The minimum Gasteiger partial charge on any atom is -0.396 e. The van der Waals surface area contributed by atoms with E-state index in [2.05, 4.69) is 10.3 Å². The van der Waals surface area contributed by atoms with Crippen LogP contribution in [0.5, 0.6) is 0 Å². The molecule has 3 atom stereocenters. The second-order valence-electron chi connectivity index (χ2n) is 6.96. The molecule has 1 N–H and O–H groups in total. The van der Waals surface area contributed by atoms with Crippen LogP contribution in [0.3, 0.4) is 0 Å². The molecular weight excluding hydrogens is 308 g/mol. The monoisotopic (exact) mass is 330 g/mol. The van der Waals surface area contributed by atoms with Crippen LogP contribution in [0.25, 0.3) is 11.3 Å². The largest absolute Gasteiger partial charge is 0.396 e. The van der Waals surface area contributed by atoms with Crippen molar-refractivity contribution in [1.29, 1.82) is 0 Å². The number of aliphatic hydroxyl groups excluding tert-OH is 1. The number of amides is 1. The number of fused-ring (bicyclic) bond motifs is 2. The fourth-order valence-electron chi connectivity index (χ4n) is 4.15. The lowest BCUT2D eigenvalue weighted by atomic mass is 9.91. The minimum atomic E-state index is -0.0598. The smallest absolute Gasteiger partial charge is 0.276 e. The maximum absolute atomic E-state index is 12.9. The van der Waals surface area contributed by atoms with Gasteiger partial charge >= 0.3 is 0 Å². The fraction of sp³-hybridized carbons (Fsp3) is 0.588. The van der Waals surface area contributed by atoms with Crippen molar-refractivity contribution in [2.75, 3.05) is 6.61 Å². The lowest BCUT2D eigenvalue weighted by Gasteiger charge is -2.38. The Balaban J connectivity index is 1.57. The molecule has 2 aromatic heterocycles. The molecule has 7 heteroatoms. The standard InChI is InChI=1S/C17H22N4O3/c1-10-14(8-18-20(10)2)16-7-15(19-24-16)17(23)21-12-3-4-13(21)6-11(5-12)9-22/h7-8,11-13,22H,3-6,9H2,1-2H3/t11?,12-,13+. The molecule has 2 saturated heterocycles. The molecule has 0 aromatic carbocycles. The van der Waals surface area contributed by atoms with Crippen LogP contribution in [-0.4, -0.2) is 49.5 Å². The third-order valence-corrected chi connectivity index (χ3v) is 5.55. The van der Waals surface area contributed by atoms with Crippen LogP contribution >= 0.6 is 0 Å². The highest BCUT2D eigenvalue weighted by molar-refractivity contribution is 5.94. The molecule has 7 nitrogen and oxygen atoms in total. The number of carbonyl (C=O) groups excluding carboxylic acids is 1. The van der Waals surface area contributed by atoms with Crippen molar-refractivity contribution in [1.82, 2.24) is 19.8 Å². The molecule has 0 radical (unpaired) electrons. The molecule has 4 rings (SSSR count). The molecule has 2 fully saturated rings. The summed E-state index contributed by atoms with van der Waals surface area (Å²) in [6.07, 6.45) is 5.51. The Morgan fingerprint density at radius 2 is 2.08 bits per heavy atom. The number of rotatable bonds is 3. The van der Waals surface area contributed by atoms with Crippen molar-refractivity contribution in [3.63, 3.8) is 0 Å². The third kappa shape index (κ3) is 2.34. The molecule has 128 valence electrons. The van der Waals surface area contributed by atoms with Gasteiger partial charge in [-0.25, -0.2) is 0 Å². The van der Waals surface area contributed by atoms with E-state index in [1.807, 2.05) is 18.9 Å². The molecule has 0 spiro atoms. The van der Waals surface area contributed by atoms with Crippen LogP contribution in [0.4, 0.5) is 0 Å². The molecule has 2 aliphatic rings. The number of hydrogen-bond donors (Lipinski definition) is 1. The number of nitrogens with zero attached hydrogens (tertiary/aromatic N) is 4. The molecular formula is C17H22N4O3. The summed E-state index contributed by atoms with van der Waals surface area (Å²) in [5.74, 6) is 0.828. The van der Waals surface area contributed by atoms with Gasteiger partial charge in [-0.15, -0.1) is 0 Å². The van der Waals surface area contributed by atoms with Gasteiger partial charge in [-0.2, -0.15) is 5.10 Å². The molecule has 24 heavy (non-hydrogen) atoms. The Kier molecular flexibility index (Phi) is 3.68. The number of hydrogen-bond acceptors (Lipinski definition) is 5. The lowest BCUT2D eigenvalue weighted by molar-refractivity contribution is 0.0444. The predicted molar refractivity (Wildman–Crippen MR) is 86.2 cm³/mol. The highest BCUT2D eigenvalue weighted by Gasteiger charge is 2.43. The summed E-state index contributed by atoms with van der Waals surface area (Å²) in [7, 11) is 1.87. The van der Waals surface area contributed by atoms with E-state index in [4.69, 9.17) is 4.52 Å². The van der Waals surface area contributed by atoms with E-state index in [0.29, 0.717) is 17.4 Å². The van der Waals surface area contributed by atoms with Gasteiger partial charge in [0.1, 0.15) is 0 Å². The fourth-order valence-corrected chi connectivity index (χ4v) is 4.15. The maximum atomic E-state index is 12.9. The average molecular weight is 330 g/mol. The van der Waals surface area contributed by atoms with Crippen LogP contribution in [-0.2, 0) is 7.05 Å². The number of aliphatic hydroxyl groups is 1. The summed E-state index contributed by atoms with van der Waals surface area (Å²) in [5, 5.41) is 17.6. The first kappa shape index (κ1) is 15.4. The van der Waals surface area contributed by atoms with Crippen molar-refractivity contribution < 1.29 is 14.4 Å². The van der Waals surface area contributed by atoms with Gasteiger partial charge in [0, 0.05) is 37.5 Å². The number of carbonyl (C=O) groups is 1. The number of aromatic nitrogens is 3. The first-order valence-corrected chi connectivity index (χ1v) is 8.47. The van der Waals surface area contributed by atoms with Gasteiger partial charge in [-0.1, -0.05) is 5.16 Å². The van der Waals surface area contributed by atoms with E-state index in [1.54, 1.807) is 16.9 Å². The van der Waals surface area contributed by atoms with Crippen molar-refractivity contribution in [3.8, 4) is 11.3 Å². The molecule has 2 aliphatic heterocycles. The Hall–Kier alpha value is -2.15. The molecule has 4 heterocycles. The zero-order valence-corrected chi connectivity index (χ0v) is 14.0. The van der Waals surface area contributed by atoms with Gasteiger partial charge in [0.2, 0.25) is 0 Å². The number of aryl methyl sites for hydroxylation is 1. The van der Waals surface area contributed by atoms with Gasteiger partial charge in [0.05, 0.1) is 11.8 Å². The highest BCUT2D eigenvalue weighted by atomic mass is 16.5. The van der Waals surface area contributed by atoms with Crippen LogP contribution in [0.2, 0.25) is 0 Å². The zero-order valence-electron chi connectivity index (χ0n) is 14.0. The summed E-state index contributed by atoms with van der Waals surface area (Å²) in [6, 6.07) is 2.14. The summed E-state index contributed by atoms with van der Waals surface area (Å²) < 4.78 is 7.16. The Labute approximate surface area is 140 Å². The van der Waals surface area contributed by atoms with E-state index in [-0.39, 0.29) is 24.6 Å². The molecule has 0 aliphatic carbocycles. The van der Waals surface area contributed by atoms with Gasteiger partial charge in [-0.3, -0.25) is 9.48 Å². The zero-order chi connectivity index (χ0) is 16.8. The quantitative estimate of drug-likeness (QED) is 0.927. The van der Waals surface area contributed by atoms with E-state index in [1.165, 1.54) is 0 Å². The van der Waals surface area contributed by atoms with Gasteiger partial charge < -0.3 is 14.5 Å². The van der Waals surface area contributed by atoms with Crippen molar-refractivity contribution in [2.45, 2.75) is 44.7 Å². The second kappa shape index (κ2) is 5.73. The summed E-state index contributed by atoms with van der Waals surface area (Å²) >= 11 is 0. The second-order valence-corrected chi connectivity index (χ2v) is 6.96. The SMILES string of the molecule is Cc1c(-c2cc(C(=O)N3[C@@H]4CC[C@H]3CC(CO)C4)no2)cnn1C. The van der Waals surface area contributed by atoms with Gasteiger partial charge in [0.15, 0.2) is 11.5 Å². The first-order chi connectivity index (χ1) is 11.6. The Morgan fingerprint density at radius 3 is 2.67 bits per heavy atom. The summed E-state index contributed by atoms with van der Waals surface area (Å²) in [4.78, 5) is 14.9. The average Bonchev–Trinajstić information content (AvgIpc) is 3.25. The van der Waals surface area contributed by atoms with Crippen LogP contribution in [0, 0.1) is 12.8 Å². The third-order valence-electron chi connectivity index (χ3n) is 5.55. The van der Waals surface area contributed by atoms with Crippen LogP contribution < -0.4 is 0 Å². The van der Waals surface area contributed by atoms with E-state index >= 15 is 0 Å². The van der Waals surface area contributed by atoms with Crippen LogP contribution in [0.15, 0.2) is 16.8 Å². The van der Waals surface area contributed by atoms with Crippen molar-refractivity contribution >= 4 is 5.91 Å². The summed E-state index contributed by atoms with van der Waals surface area (Å²) in [5.41, 5.74) is 2.17. The van der Waals surface area contributed by atoms with E-state index in [9.17, 15) is 9.90 Å². The normalized spacial score (nSPS) is 26.1. The molecule has 1 unspecified atom stereocenters. The van der Waals surface area contributed by atoms with Crippen molar-refractivity contribution in [2.24, 2.45) is 13.0 Å². The molecule has 2 aromatic rings. The topological polar surface area (TPSA) is 84.4 Å². The molecule has 1 amide bonds. The van der Waals surface area contributed by atoms with Gasteiger partial charge in [-0.05, 0) is 38.5 Å². The lowest BCUT2D eigenvalue weighted by Crippen LogP contribution is -2.47. The van der Waals surface area contributed by atoms with E-state index in [0.717, 1.165) is 36.9 Å². The van der Waals surface area contributed by atoms with Gasteiger partial charge in [0.25, 0.3) is 5.91 Å². The minimum absolute atomic E-state index is 0.0598. The Morgan fingerprint density at radius 1 is 1.38 bits per heavy atom. The highest BCUT2D eigenvalue weighted by Crippen LogP contribution is 2.39. The molecule has 2 bridgehead atoms.